The third kappa shape index (κ3) is 1.89. The zero-order valence-corrected chi connectivity index (χ0v) is 11.7. The molecule has 0 N–H and O–H groups in total. The number of carbonyl (C=O) groups is 1. The highest BCUT2D eigenvalue weighted by atomic mass is 35.5. The average Bonchev–Trinajstić information content (AvgIpc) is 2.79. The molecule has 5 nitrogen and oxygen atoms in total. The summed E-state index contributed by atoms with van der Waals surface area (Å²) in [7, 11) is 0. The minimum Gasteiger partial charge on any atom is -0.464 e. The monoisotopic (exact) mass is 292 g/mol. The molecule has 2 aliphatic rings. The van der Waals surface area contributed by atoms with Crippen molar-refractivity contribution in [3.05, 3.63) is 45.1 Å². The van der Waals surface area contributed by atoms with Crippen LogP contribution in [0, 0.1) is 0 Å². The summed E-state index contributed by atoms with van der Waals surface area (Å²) in [5, 5.41) is 0.285. The Balaban J connectivity index is 2.11. The lowest BCUT2D eigenvalue weighted by molar-refractivity contribution is -0.147. The van der Waals surface area contributed by atoms with Gasteiger partial charge in [0.05, 0.1) is 12.3 Å². The minimum absolute atomic E-state index is 0.282. The van der Waals surface area contributed by atoms with Gasteiger partial charge in [-0.15, -0.1) is 0 Å². The lowest BCUT2D eigenvalue weighted by Gasteiger charge is -2.16. The largest absolute Gasteiger partial charge is 0.464 e. The number of fused-ring (bicyclic) bond motifs is 1. The summed E-state index contributed by atoms with van der Waals surface area (Å²) in [5.41, 5.74) is 1.36. The maximum atomic E-state index is 12.5. The number of nitrogens with zero attached hydrogens (tertiary/aromatic N) is 2. The van der Waals surface area contributed by atoms with Crippen LogP contribution in [0.3, 0.4) is 0 Å². The van der Waals surface area contributed by atoms with Gasteiger partial charge in [-0.3, -0.25) is 9.36 Å². The molecule has 1 aliphatic heterocycles. The molecule has 0 fully saturated rings. The quantitative estimate of drug-likeness (QED) is 0.798. The van der Waals surface area contributed by atoms with Gasteiger partial charge in [0.25, 0.3) is 5.56 Å². The van der Waals surface area contributed by atoms with Gasteiger partial charge >= 0.3 is 5.97 Å². The lowest BCUT2D eigenvalue weighted by Crippen LogP contribution is -2.32. The van der Waals surface area contributed by atoms with E-state index >= 15 is 0 Å². The van der Waals surface area contributed by atoms with Crippen molar-refractivity contribution in [2.24, 2.45) is 0 Å². The fourth-order valence-corrected chi connectivity index (χ4v) is 2.77. The molecule has 6 heteroatoms. The summed E-state index contributed by atoms with van der Waals surface area (Å²) in [6, 6.07) is -0.596. The van der Waals surface area contributed by atoms with Crippen LogP contribution in [0.15, 0.2) is 23.0 Å². The van der Waals surface area contributed by atoms with E-state index in [9.17, 15) is 9.59 Å². The van der Waals surface area contributed by atoms with Crippen LogP contribution in [0.4, 0.5) is 0 Å². The molecule has 1 aliphatic carbocycles. The molecule has 0 bridgehead atoms. The Morgan fingerprint density at radius 2 is 2.35 bits per heavy atom. The second-order valence-corrected chi connectivity index (χ2v) is 5.02. The van der Waals surface area contributed by atoms with Crippen LogP contribution in [-0.2, 0) is 16.0 Å². The Hall–Kier alpha value is -1.88. The fourth-order valence-electron chi connectivity index (χ4n) is 2.50. The van der Waals surface area contributed by atoms with E-state index in [0.29, 0.717) is 25.1 Å². The van der Waals surface area contributed by atoms with Crippen molar-refractivity contribution < 1.29 is 9.53 Å². The van der Waals surface area contributed by atoms with Gasteiger partial charge in [-0.2, -0.15) is 0 Å². The number of hydrogen-bond donors (Lipinski definition) is 0. The molecular formula is C14H13ClN2O3. The second kappa shape index (κ2) is 4.90. The summed E-state index contributed by atoms with van der Waals surface area (Å²) in [6.07, 6.45) is 6.49. The van der Waals surface area contributed by atoms with Gasteiger partial charge < -0.3 is 4.74 Å². The van der Waals surface area contributed by atoms with Crippen LogP contribution in [-0.4, -0.2) is 22.1 Å². The molecule has 0 radical (unpaired) electrons. The van der Waals surface area contributed by atoms with Crippen molar-refractivity contribution in [3.8, 4) is 0 Å². The molecule has 1 unspecified atom stereocenters. The predicted octanol–water partition coefficient (Wildman–Crippen LogP) is 1.90. The number of hydrogen-bond acceptors (Lipinski definition) is 4. The maximum absolute atomic E-state index is 12.5. The predicted molar refractivity (Wildman–Crippen MR) is 74.6 cm³/mol. The van der Waals surface area contributed by atoms with Gasteiger partial charge in [0, 0.05) is 5.57 Å². The topological polar surface area (TPSA) is 61.2 Å². The molecule has 20 heavy (non-hydrogen) atoms. The van der Waals surface area contributed by atoms with E-state index in [1.807, 2.05) is 6.08 Å². The van der Waals surface area contributed by atoms with E-state index in [1.54, 1.807) is 19.1 Å². The molecule has 0 saturated heterocycles. The highest BCUT2D eigenvalue weighted by Gasteiger charge is 2.34. The first kappa shape index (κ1) is 13.1. The van der Waals surface area contributed by atoms with Crippen molar-refractivity contribution in [3.63, 3.8) is 0 Å². The van der Waals surface area contributed by atoms with Crippen molar-refractivity contribution in [1.29, 1.82) is 0 Å². The summed E-state index contributed by atoms with van der Waals surface area (Å²) in [5.74, 6) is -0.389. The first-order valence-electron chi connectivity index (χ1n) is 6.49. The molecule has 0 amide bonds. The third-order valence-electron chi connectivity index (χ3n) is 3.51. The zero-order valence-electron chi connectivity index (χ0n) is 10.9. The van der Waals surface area contributed by atoms with E-state index in [2.05, 4.69) is 4.98 Å². The van der Waals surface area contributed by atoms with Crippen LogP contribution in [0.5, 0.6) is 0 Å². The zero-order chi connectivity index (χ0) is 14.3. The third-order valence-corrected chi connectivity index (χ3v) is 3.81. The Morgan fingerprint density at radius 1 is 1.60 bits per heavy atom. The number of rotatable bonds is 3. The number of esters is 1. The van der Waals surface area contributed by atoms with Crippen LogP contribution in [0.1, 0.15) is 30.8 Å². The van der Waals surface area contributed by atoms with Crippen LogP contribution in [0.25, 0.3) is 5.57 Å². The molecule has 1 atom stereocenters. The van der Waals surface area contributed by atoms with E-state index in [0.717, 1.165) is 5.57 Å². The van der Waals surface area contributed by atoms with Gasteiger partial charge in [0.2, 0.25) is 0 Å². The minimum atomic E-state index is -0.596. The van der Waals surface area contributed by atoms with Crippen LogP contribution in [0.2, 0.25) is 5.15 Å². The smallest absolute Gasteiger partial charge is 0.329 e. The summed E-state index contributed by atoms with van der Waals surface area (Å²) in [6.45, 7) is 2.03. The molecule has 3 rings (SSSR count). The van der Waals surface area contributed by atoms with E-state index in [4.69, 9.17) is 16.3 Å². The van der Waals surface area contributed by atoms with Crippen molar-refractivity contribution in [2.45, 2.75) is 25.8 Å². The van der Waals surface area contributed by atoms with E-state index < -0.39 is 6.04 Å². The SMILES string of the molecule is CCOC(=O)C1CCc2c(Cl)nc(C3=CC=C3)c(=O)n21. The van der Waals surface area contributed by atoms with Crippen molar-refractivity contribution >= 4 is 23.1 Å². The van der Waals surface area contributed by atoms with Gasteiger partial charge in [-0.25, -0.2) is 9.78 Å². The number of carbonyl (C=O) groups excluding carboxylic acids is 1. The van der Waals surface area contributed by atoms with Gasteiger partial charge in [0.15, 0.2) is 0 Å². The standard InChI is InChI=1S/C14H13ClN2O3/c1-2-20-14(19)10-7-6-9-12(15)16-11(8-4-3-5-8)13(18)17(9)10/h3-5,10H,2,6-7H2,1H3. The Bertz CT molecular complexity index is 703. The fraction of sp³-hybridized carbons (Fsp3) is 0.357. The normalized spacial score (nSPS) is 19.3. The van der Waals surface area contributed by atoms with E-state index in [1.165, 1.54) is 4.57 Å². The number of ether oxygens (including phenoxy) is 1. The molecule has 1 aromatic rings. The highest BCUT2D eigenvalue weighted by molar-refractivity contribution is 6.30. The lowest BCUT2D eigenvalue weighted by atomic mass is 10.1. The summed E-state index contributed by atoms with van der Waals surface area (Å²) < 4.78 is 6.47. The molecule has 2 heterocycles. The molecule has 1 aromatic heterocycles. The number of allylic oxidation sites excluding steroid dienone is 4. The second-order valence-electron chi connectivity index (χ2n) is 4.66. The molecule has 0 saturated carbocycles. The van der Waals surface area contributed by atoms with Gasteiger partial charge in [-0.05, 0) is 19.8 Å². The van der Waals surface area contributed by atoms with Crippen molar-refractivity contribution in [2.75, 3.05) is 6.61 Å². The van der Waals surface area contributed by atoms with Crippen LogP contribution >= 0.6 is 11.6 Å². The van der Waals surface area contributed by atoms with Crippen molar-refractivity contribution in [1.82, 2.24) is 9.55 Å². The highest BCUT2D eigenvalue weighted by Crippen LogP contribution is 2.30. The molecule has 0 spiro atoms. The summed E-state index contributed by atoms with van der Waals surface area (Å²) in [4.78, 5) is 28.7. The number of aromatic nitrogens is 2. The number of halogens is 1. The first-order valence-corrected chi connectivity index (χ1v) is 6.87. The Morgan fingerprint density at radius 3 is 2.95 bits per heavy atom. The summed E-state index contributed by atoms with van der Waals surface area (Å²) >= 11 is 6.14. The van der Waals surface area contributed by atoms with Crippen LogP contribution < -0.4 is 5.56 Å². The maximum Gasteiger partial charge on any atom is 0.329 e. The Labute approximate surface area is 120 Å². The molecule has 0 aromatic carbocycles. The molecule has 104 valence electrons. The van der Waals surface area contributed by atoms with Gasteiger partial charge in [-0.1, -0.05) is 29.8 Å². The average molecular weight is 293 g/mol. The first-order chi connectivity index (χ1) is 9.63. The molecular weight excluding hydrogens is 280 g/mol. The van der Waals surface area contributed by atoms with E-state index in [-0.39, 0.29) is 22.4 Å². The Kier molecular flexibility index (Phi) is 3.22. The van der Waals surface area contributed by atoms with Gasteiger partial charge in [0.1, 0.15) is 16.9 Å².